The van der Waals surface area contributed by atoms with Crippen LogP contribution in [0.15, 0.2) is 54.6 Å². The fourth-order valence-corrected chi connectivity index (χ4v) is 3.57. The molecular formula is C23H26N4O5. The van der Waals surface area contributed by atoms with E-state index in [9.17, 15) is 19.2 Å². The number of hydrogen-bond acceptors (Lipinski definition) is 5. The molecule has 0 aliphatic carbocycles. The van der Waals surface area contributed by atoms with Crippen molar-refractivity contribution >= 4 is 23.6 Å². The minimum absolute atomic E-state index is 0.132. The van der Waals surface area contributed by atoms with Gasteiger partial charge in [0.15, 0.2) is 0 Å². The van der Waals surface area contributed by atoms with Gasteiger partial charge in [0.05, 0.1) is 13.5 Å². The number of hydrogen-bond donors (Lipinski definition) is 4. The SMILES string of the molecule is COc1ccccc1C[C@H](NC(=O)C[C@@H]1NC(=O)[C@H](Cc2ccccc2)NC1=O)C(N)=O. The number of amides is 4. The Morgan fingerprint density at radius 2 is 1.62 bits per heavy atom. The van der Waals surface area contributed by atoms with Gasteiger partial charge < -0.3 is 26.4 Å². The summed E-state index contributed by atoms with van der Waals surface area (Å²) in [5.41, 5.74) is 7.06. The summed E-state index contributed by atoms with van der Waals surface area (Å²) in [7, 11) is 1.51. The molecule has 3 atom stereocenters. The van der Waals surface area contributed by atoms with Crippen LogP contribution in [0.25, 0.3) is 0 Å². The van der Waals surface area contributed by atoms with Crippen molar-refractivity contribution in [2.24, 2.45) is 5.73 Å². The maximum absolute atomic E-state index is 12.5. The van der Waals surface area contributed by atoms with Crippen LogP contribution in [-0.4, -0.2) is 48.9 Å². The zero-order valence-corrected chi connectivity index (χ0v) is 17.7. The number of primary amides is 1. The molecule has 0 aromatic heterocycles. The average molecular weight is 438 g/mol. The third-order valence-corrected chi connectivity index (χ3v) is 5.23. The number of rotatable bonds is 9. The Morgan fingerprint density at radius 1 is 1.00 bits per heavy atom. The number of benzene rings is 2. The van der Waals surface area contributed by atoms with Gasteiger partial charge in [-0.2, -0.15) is 0 Å². The lowest BCUT2D eigenvalue weighted by atomic mass is 10.0. The molecule has 168 valence electrons. The van der Waals surface area contributed by atoms with Crippen LogP contribution >= 0.6 is 0 Å². The number of nitrogens with two attached hydrogens (primary N) is 1. The highest BCUT2D eigenvalue weighted by Crippen LogP contribution is 2.19. The first-order valence-electron chi connectivity index (χ1n) is 10.2. The van der Waals surface area contributed by atoms with Crippen LogP contribution in [0.1, 0.15) is 17.5 Å². The molecule has 0 bridgehead atoms. The lowest BCUT2D eigenvalue weighted by Gasteiger charge is -2.29. The van der Waals surface area contributed by atoms with E-state index in [1.54, 1.807) is 24.3 Å². The van der Waals surface area contributed by atoms with E-state index < -0.39 is 35.8 Å². The molecule has 0 radical (unpaired) electrons. The standard InChI is InChI=1S/C23H26N4O5/c1-32-19-10-6-5-9-15(19)12-16(21(24)29)25-20(28)13-18-23(31)26-17(22(30)27-18)11-14-7-3-2-4-8-14/h2-10,16-18H,11-13H2,1H3,(H2,24,29)(H,25,28)(H,26,31)(H,27,30)/t16-,17-,18-/m0/s1. The number of carbonyl (C=O) groups excluding carboxylic acids is 4. The van der Waals surface area contributed by atoms with Crippen molar-refractivity contribution in [2.45, 2.75) is 37.4 Å². The quantitative estimate of drug-likeness (QED) is 0.430. The second kappa shape index (κ2) is 10.4. The van der Waals surface area contributed by atoms with Crippen LogP contribution in [0.4, 0.5) is 0 Å². The Morgan fingerprint density at radius 3 is 2.31 bits per heavy atom. The summed E-state index contributed by atoms with van der Waals surface area (Å²) < 4.78 is 5.27. The number of piperazine rings is 1. The van der Waals surface area contributed by atoms with Crippen LogP contribution in [-0.2, 0) is 32.0 Å². The van der Waals surface area contributed by atoms with E-state index in [0.29, 0.717) is 17.7 Å². The van der Waals surface area contributed by atoms with Crippen molar-refractivity contribution in [3.05, 3.63) is 65.7 Å². The molecule has 3 rings (SSSR count). The molecular weight excluding hydrogens is 412 g/mol. The second-order valence-corrected chi connectivity index (χ2v) is 7.55. The Kier molecular flexibility index (Phi) is 7.43. The van der Waals surface area contributed by atoms with Gasteiger partial charge in [-0.05, 0) is 17.2 Å². The van der Waals surface area contributed by atoms with Gasteiger partial charge in [0.2, 0.25) is 23.6 Å². The van der Waals surface area contributed by atoms with E-state index in [1.807, 2.05) is 30.3 Å². The fourth-order valence-electron chi connectivity index (χ4n) is 3.57. The molecule has 5 N–H and O–H groups in total. The van der Waals surface area contributed by atoms with Crippen molar-refractivity contribution in [2.75, 3.05) is 7.11 Å². The highest BCUT2D eigenvalue weighted by Gasteiger charge is 2.35. The number of carbonyl (C=O) groups is 4. The number of methoxy groups -OCH3 is 1. The minimum Gasteiger partial charge on any atom is -0.496 e. The topological polar surface area (TPSA) is 140 Å². The summed E-state index contributed by atoms with van der Waals surface area (Å²) in [6, 6.07) is 13.6. The first-order chi connectivity index (χ1) is 15.4. The Balaban J connectivity index is 1.58. The Hall–Kier alpha value is -3.88. The zero-order chi connectivity index (χ0) is 23.1. The van der Waals surface area contributed by atoms with Gasteiger partial charge in [-0.15, -0.1) is 0 Å². The van der Waals surface area contributed by atoms with Crippen molar-refractivity contribution in [3.8, 4) is 5.75 Å². The van der Waals surface area contributed by atoms with Gasteiger partial charge in [0.1, 0.15) is 23.9 Å². The molecule has 32 heavy (non-hydrogen) atoms. The van der Waals surface area contributed by atoms with Crippen molar-refractivity contribution in [1.29, 1.82) is 0 Å². The monoisotopic (exact) mass is 438 g/mol. The van der Waals surface area contributed by atoms with E-state index in [-0.39, 0.29) is 18.7 Å². The van der Waals surface area contributed by atoms with Crippen molar-refractivity contribution in [1.82, 2.24) is 16.0 Å². The Bertz CT molecular complexity index is 995. The van der Waals surface area contributed by atoms with E-state index in [4.69, 9.17) is 10.5 Å². The first kappa shape index (κ1) is 22.8. The van der Waals surface area contributed by atoms with Crippen molar-refractivity contribution < 1.29 is 23.9 Å². The molecule has 1 heterocycles. The largest absolute Gasteiger partial charge is 0.496 e. The first-order valence-corrected chi connectivity index (χ1v) is 10.2. The smallest absolute Gasteiger partial charge is 0.243 e. The molecule has 2 aromatic rings. The predicted octanol–water partition coefficient (Wildman–Crippen LogP) is -0.176. The number of nitrogens with one attached hydrogen (secondary N) is 3. The summed E-state index contributed by atoms with van der Waals surface area (Å²) in [4.78, 5) is 49.3. The van der Waals surface area contributed by atoms with E-state index in [1.165, 1.54) is 7.11 Å². The Labute approximate surface area is 185 Å². The molecule has 9 nitrogen and oxygen atoms in total. The highest BCUT2D eigenvalue weighted by atomic mass is 16.5. The summed E-state index contributed by atoms with van der Waals surface area (Å²) in [6.45, 7) is 0. The van der Waals surface area contributed by atoms with Gasteiger partial charge in [-0.3, -0.25) is 19.2 Å². The van der Waals surface area contributed by atoms with Crippen LogP contribution in [0.2, 0.25) is 0 Å². The van der Waals surface area contributed by atoms with E-state index in [0.717, 1.165) is 5.56 Å². The molecule has 2 aromatic carbocycles. The maximum Gasteiger partial charge on any atom is 0.243 e. The van der Waals surface area contributed by atoms with Gasteiger partial charge in [0.25, 0.3) is 0 Å². The molecule has 0 unspecified atom stereocenters. The summed E-state index contributed by atoms with van der Waals surface area (Å²) in [5.74, 6) is -1.56. The maximum atomic E-state index is 12.5. The molecule has 0 spiro atoms. The van der Waals surface area contributed by atoms with Crippen LogP contribution in [0.5, 0.6) is 5.75 Å². The van der Waals surface area contributed by atoms with Crippen molar-refractivity contribution in [3.63, 3.8) is 0 Å². The molecule has 9 heteroatoms. The fraction of sp³-hybridized carbons (Fsp3) is 0.304. The second-order valence-electron chi connectivity index (χ2n) is 7.55. The molecule has 1 fully saturated rings. The molecule has 4 amide bonds. The van der Waals surface area contributed by atoms with Gasteiger partial charge >= 0.3 is 0 Å². The van der Waals surface area contributed by atoms with E-state index >= 15 is 0 Å². The van der Waals surface area contributed by atoms with Gasteiger partial charge in [-0.25, -0.2) is 0 Å². The third kappa shape index (κ3) is 5.84. The highest BCUT2D eigenvalue weighted by molar-refractivity contribution is 5.99. The van der Waals surface area contributed by atoms with Gasteiger partial charge in [-0.1, -0.05) is 48.5 Å². The van der Waals surface area contributed by atoms with E-state index in [2.05, 4.69) is 16.0 Å². The summed E-state index contributed by atoms with van der Waals surface area (Å²) in [6.07, 6.45) is 0.165. The molecule has 1 aliphatic heterocycles. The van der Waals surface area contributed by atoms with Crippen LogP contribution in [0, 0.1) is 0 Å². The summed E-state index contributed by atoms with van der Waals surface area (Å²) >= 11 is 0. The number of para-hydroxylation sites is 1. The van der Waals surface area contributed by atoms with Crippen LogP contribution < -0.4 is 26.4 Å². The van der Waals surface area contributed by atoms with Gasteiger partial charge in [0, 0.05) is 12.8 Å². The molecule has 1 aliphatic rings. The molecule has 0 saturated carbocycles. The zero-order valence-electron chi connectivity index (χ0n) is 17.7. The third-order valence-electron chi connectivity index (χ3n) is 5.23. The summed E-state index contributed by atoms with van der Waals surface area (Å²) in [5, 5.41) is 7.80. The predicted molar refractivity (Wildman–Crippen MR) is 116 cm³/mol. The lowest BCUT2D eigenvalue weighted by molar-refractivity contribution is -0.138. The number of ether oxygens (including phenoxy) is 1. The van der Waals surface area contributed by atoms with Crippen LogP contribution in [0.3, 0.4) is 0 Å². The lowest BCUT2D eigenvalue weighted by Crippen LogP contribution is -2.63. The normalized spacial score (nSPS) is 18.8. The minimum atomic E-state index is -1.03. The average Bonchev–Trinajstić information content (AvgIpc) is 2.77. The molecule has 1 saturated heterocycles.